The molecule has 2 fully saturated rings. The molecule has 0 aliphatic heterocycles. The van der Waals surface area contributed by atoms with Crippen molar-refractivity contribution < 1.29 is 17.6 Å². The second-order valence-corrected chi connectivity index (χ2v) is 9.43. The Morgan fingerprint density at radius 3 is 2.11 bits per heavy atom. The van der Waals surface area contributed by atoms with E-state index in [0.717, 1.165) is 42.1 Å². The van der Waals surface area contributed by atoms with E-state index in [1.54, 1.807) is 30.3 Å². The first-order valence-corrected chi connectivity index (χ1v) is 11.0. The molecule has 0 heterocycles. The largest absolute Gasteiger partial charge is 0.351 e. The Hall–Kier alpha value is -2.41. The Morgan fingerprint density at radius 2 is 1.57 bits per heavy atom. The Balaban J connectivity index is 1.58. The molecule has 0 saturated heterocycles. The van der Waals surface area contributed by atoms with Gasteiger partial charge in [0, 0.05) is 6.04 Å². The lowest BCUT2D eigenvalue weighted by Gasteiger charge is -2.26. The number of nitrogens with one attached hydrogen (secondary N) is 1. The van der Waals surface area contributed by atoms with Crippen molar-refractivity contribution >= 4 is 21.6 Å². The van der Waals surface area contributed by atoms with Gasteiger partial charge < -0.3 is 5.32 Å². The van der Waals surface area contributed by atoms with Gasteiger partial charge in [0.1, 0.15) is 12.4 Å². The monoisotopic (exact) mass is 402 g/mol. The number of anilines is 1. The third kappa shape index (κ3) is 4.19. The molecular weight excluding hydrogens is 379 g/mol. The van der Waals surface area contributed by atoms with Crippen LogP contribution < -0.4 is 9.62 Å². The summed E-state index contributed by atoms with van der Waals surface area (Å²) in [4.78, 5) is 12.7. The lowest BCUT2D eigenvalue weighted by Crippen LogP contribution is -2.45. The number of amides is 1. The summed E-state index contributed by atoms with van der Waals surface area (Å²) in [6.07, 6.45) is 4.49. The molecule has 2 aliphatic rings. The minimum absolute atomic E-state index is 0.0495. The van der Waals surface area contributed by atoms with E-state index in [1.807, 2.05) is 0 Å². The maximum Gasteiger partial charge on any atom is 0.264 e. The zero-order chi connectivity index (χ0) is 19.7. The van der Waals surface area contributed by atoms with Crippen LogP contribution in [0.4, 0.5) is 10.1 Å². The fourth-order valence-corrected chi connectivity index (χ4v) is 4.96. The number of sulfonamides is 1. The number of hydrogen-bond acceptors (Lipinski definition) is 3. The zero-order valence-corrected chi connectivity index (χ0v) is 16.2. The lowest BCUT2D eigenvalue weighted by molar-refractivity contribution is -0.120. The van der Waals surface area contributed by atoms with E-state index >= 15 is 0 Å². The number of para-hydroxylation sites is 1. The summed E-state index contributed by atoms with van der Waals surface area (Å²) in [5.41, 5.74) is 0.399. The summed E-state index contributed by atoms with van der Waals surface area (Å²) < 4.78 is 40.7. The van der Waals surface area contributed by atoms with Crippen molar-refractivity contribution in [3.63, 3.8) is 0 Å². The Kier molecular flexibility index (Phi) is 5.10. The summed E-state index contributed by atoms with van der Waals surface area (Å²) in [6, 6.07) is 13.3. The predicted octanol–water partition coefficient (Wildman–Crippen LogP) is 3.33. The summed E-state index contributed by atoms with van der Waals surface area (Å²) >= 11 is 0. The SMILES string of the molecule is O=C(CN(c1ccccc1)S(=O)(=O)c1ccc(F)cc1)NC(C1CC1)C1CC1. The number of carbonyl (C=O) groups is 1. The summed E-state index contributed by atoms with van der Waals surface area (Å²) in [5.74, 6) is 0.226. The molecule has 148 valence electrons. The number of carbonyl (C=O) groups excluding carboxylic acids is 1. The molecule has 7 heteroatoms. The summed E-state index contributed by atoms with van der Waals surface area (Å²) in [6.45, 7) is -0.306. The van der Waals surface area contributed by atoms with Gasteiger partial charge >= 0.3 is 0 Å². The highest BCUT2D eigenvalue weighted by molar-refractivity contribution is 7.92. The highest BCUT2D eigenvalue weighted by atomic mass is 32.2. The number of nitrogens with zero attached hydrogens (tertiary/aromatic N) is 1. The predicted molar refractivity (Wildman–Crippen MR) is 105 cm³/mol. The maximum absolute atomic E-state index is 13.2. The standard InChI is InChI=1S/C21H23FN2O3S/c22-17-10-12-19(13-11-17)28(26,27)24(18-4-2-1-3-5-18)14-20(25)23-21(15-6-7-15)16-8-9-16/h1-5,10-13,15-16,21H,6-9,14H2,(H,23,25). The van der Waals surface area contributed by atoms with Crippen molar-refractivity contribution in [2.24, 2.45) is 11.8 Å². The van der Waals surface area contributed by atoms with Gasteiger partial charge in [0.25, 0.3) is 10.0 Å². The van der Waals surface area contributed by atoms with Crippen LogP contribution in [0.15, 0.2) is 59.5 Å². The molecule has 28 heavy (non-hydrogen) atoms. The minimum atomic E-state index is -4.01. The van der Waals surface area contributed by atoms with Crippen LogP contribution in [0.25, 0.3) is 0 Å². The topological polar surface area (TPSA) is 66.5 Å². The highest BCUT2D eigenvalue weighted by Crippen LogP contribution is 2.44. The third-order valence-corrected chi connectivity index (χ3v) is 7.11. The molecule has 1 N–H and O–H groups in total. The maximum atomic E-state index is 13.2. The van der Waals surface area contributed by atoms with E-state index in [-0.39, 0.29) is 23.4 Å². The summed E-state index contributed by atoms with van der Waals surface area (Å²) in [7, 11) is -4.01. The van der Waals surface area contributed by atoms with E-state index in [1.165, 1.54) is 12.1 Å². The first-order chi connectivity index (χ1) is 13.4. The molecule has 2 aromatic carbocycles. The van der Waals surface area contributed by atoms with E-state index in [0.29, 0.717) is 17.5 Å². The van der Waals surface area contributed by atoms with E-state index in [2.05, 4.69) is 5.32 Å². The molecule has 2 saturated carbocycles. The fraction of sp³-hybridized carbons (Fsp3) is 0.381. The minimum Gasteiger partial charge on any atom is -0.351 e. The molecule has 0 unspecified atom stereocenters. The van der Waals surface area contributed by atoms with Gasteiger partial charge in [-0.2, -0.15) is 0 Å². The molecule has 0 radical (unpaired) electrons. The molecule has 0 bridgehead atoms. The average molecular weight is 402 g/mol. The second-order valence-electron chi connectivity index (χ2n) is 7.57. The highest BCUT2D eigenvalue weighted by Gasteiger charge is 2.42. The number of rotatable bonds is 8. The van der Waals surface area contributed by atoms with Crippen LogP contribution in [-0.2, 0) is 14.8 Å². The smallest absolute Gasteiger partial charge is 0.264 e. The third-order valence-electron chi connectivity index (χ3n) is 5.32. The van der Waals surface area contributed by atoms with Gasteiger partial charge in [-0.1, -0.05) is 18.2 Å². The van der Waals surface area contributed by atoms with Crippen molar-refractivity contribution in [3.8, 4) is 0 Å². The number of benzene rings is 2. The molecule has 5 nitrogen and oxygen atoms in total. The van der Waals surface area contributed by atoms with E-state index in [4.69, 9.17) is 0 Å². The molecule has 0 spiro atoms. The zero-order valence-electron chi connectivity index (χ0n) is 15.4. The molecular formula is C21H23FN2O3S. The van der Waals surface area contributed by atoms with Crippen LogP contribution in [0.1, 0.15) is 25.7 Å². The Labute approximate surface area is 164 Å². The lowest BCUT2D eigenvalue weighted by atomic mass is 10.1. The van der Waals surface area contributed by atoms with Crippen LogP contribution >= 0.6 is 0 Å². The Morgan fingerprint density at radius 1 is 1.00 bits per heavy atom. The van der Waals surface area contributed by atoms with Gasteiger partial charge in [-0.3, -0.25) is 9.10 Å². The van der Waals surface area contributed by atoms with Crippen LogP contribution in [0.5, 0.6) is 0 Å². The van der Waals surface area contributed by atoms with Crippen molar-refractivity contribution in [3.05, 3.63) is 60.4 Å². The molecule has 1 amide bonds. The first kappa shape index (κ1) is 18.9. The van der Waals surface area contributed by atoms with Gasteiger partial charge in [0.05, 0.1) is 10.6 Å². The molecule has 2 aliphatic carbocycles. The van der Waals surface area contributed by atoms with Gasteiger partial charge in [0.2, 0.25) is 5.91 Å². The van der Waals surface area contributed by atoms with Gasteiger partial charge in [-0.15, -0.1) is 0 Å². The number of halogens is 1. The van der Waals surface area contributed by atoms with Crippen molar-refractivity contribution in [2.45, 2.75) is 36.6 Å². The molecule has 0 aromatic heterocycles. The van der Waals surface area contributed by atoms with Crippen molar-refractivity contribution in [1.29, 1.82) is 0 Å². The molecule has 0 atom stereocenters. The fourth-order valence-electron chi connectivity index (χ4n) is 3.54. The average Bonchev–Trinajstić information content (AvgIpc) is 3.58. The van der Waals surface area contributed by atoms with Crippen molar-refractivity contribution in [1.82, 2.24) is 5.32 Å². The Bertz CT molecular complexity index is 927. The van der Waals surface area contributed by atoms with Gasteiger partial charge in [0.15, 0.2) is 0 Å². The second kappa shape index (κ2) is 7.54. The summed E-state index contributed by atoms with van der Waals surface area (Å²) in [5, 5.41) is 3.07. The normalized spacial score (nSPS) is 16.8. The molecule has 2 aromatic rings. The van der Waals surface area contributed by atoms with E-state index < -0.39 is 15.8 Å². The van der Waals surface area contributed by atoms with E-state index in [9.17, 15) is 17.6 Å². The van der Waals surface area contributed by atoms with Crippen LogP contribution in [-0.4, -0.2) is 26.9 Å². The van der Waals surface area contributed by atoms with Crippen molar-refractivity contribution in [2.75, 3.05) is 10.8 Å². The number of hydrogen-bond donors (Lipinski definition) is 1. The van der Waals surface area contributed by atoms with Crippen LogP contribution in [0.2, 0.25) is 0 Å². The molecule has 4 rings (SSSR count). The van der Waals surface area contributed by atoms with Crippen LogP contribution in [0, 0.1) is 17.7 Å². The van der Waals surface area contributed by atoms with Crippen LogP contribution in [0.3, 0.4) is 0 Å². The van der Waals surface area contributed by atoms with Gasteiger partial charge in [-0.05, 0) is 73.9 Å². The first-order valence-electron chi connectivity index (χ1n) is 9.58. The quantitative estimate of drug-likeness (QED) is 0.737. The van der Waals surface area contributed by atoms with Gasteiger partial charge in [-0.25, -0.2) is 12.8 Å².